The van der Waals surface area contributed by atoms with Crippen LogP contribution in [-0.2, 0) is 19.5 Å². The summed E-state index contributed by atoms with van der Waals surface area (Å²) in [6.07, 6.45) is 1.82. The molecule has 2 unspecified atom stereocenters. The molecule has 0 bridgehead atoms. The summed E-state index contributed by atoms with van der Waals surface area (Å²) in [6.45, 7) is 6.53. The number of benzene rings is 2. The van der Waals surface area contributed by atoms with Gasteiger partial charge < -0.3 is 19.9 Å². The maximum atomic E-state index is 10.5. The highest BCUT2D eigenvalue weighted by molar-refractivity contribution is 5.48. The third-order valence-electron chi connectivity index (χ3n) is 6.47. The lowest BCUT2D eigenvalue weighted by Gasteiger charge is -2.29. The highest BCUT2D eigenvalue weighted by Crippen LogP contribution is 2.33. The summed E-state index contributed by atoms with van der Waals surface area (Å²) in [4.78, 5) is 4.84. The van der Waals surface area contributed by atoms with E-state index in [9.17, 15) is 5.11 Å². The van der Waals surface area contributed by atoms with Crippen molar-refractivity contribution in [2.75, 3.05) is 46.9 Å². The Morgan fingerprint density at radius 3 is 2.48 bits per heavy atom. The Kier molecular flexibility index (Phi) is 7.45. The second-order valence-corrected chi connectivity index (χ2v) is 8.66. The van der Waals surface area contributed by atoms with Gasteiger partial charge in [0, 0.05) is 38.8 Å². The Balaban J connectivity index is 1.20. The van der Waals surface area contributed by atoms with Gasteiger partial charge in [0.05, 0.1) is 20.3 Å². The standard InChI is InChI=1S/C25H35N3O3/c1-30-24-13-20-9-12-27(16-21(20)14-25(24)31-2)11-6-10-26-22-17-28(18-23(22)29)15-19-7-4-3-5-8-19/h3-5,7-8,13-14,22-23,26,29H,6,9-12,15-18H2,1-2H3. The maximum absolute atomic E-state index is 10.5. The van der Waals surface area contributed by atoms with Crippen LogP contribution < -0.4 is 14.8 Å². The summed E-state index contributed by atoms with van der Waals surface area (Å²) in [5.74, 6) is 1.62. The number of hydrogen-bond donors (Lipinski definition) is 2. The molecule has 6 nitrogen and oxygen atoms in total. The Morgan fingerprint density at radius 1 is 1.00 bits per heavy atom. The number of methoxy groups -OCH3 is 2. The monoisotopic (exact) mass is 425 g/mol. The van der Waals surface area contributed by atoms with Crippen LogP contribution in [0, 0.1) is 0 Å². The number of β-amino-alcohol motifs (C(OH)–C–C–N with tert-alkyl or cyclic N) is 1. The zero-order chi connectivity index (χ0) is 21.6. The summed E-state index contributed by atoms with van der Waals surface area (Å²) in [5.41, 5.74) is 3.99. The van der Waals surface area contributed by atoms with Gasteiger partial charge in [-0.15, -0.1) is 0 Å². The SMILES string of the molecule is COc1cc2c(cc1OC)CN(CCCNC1CN(Cc3ccccc3)CC1O)CC2. The summed E-state index contributed by atoms with van der Waals surface area (Å²) in [6, 6.07) is 14.9. The van der Waals surface area contributed by atoms with Crippen molar-refractivity contribution >= 4 is 0 Å². The van der Waals surface area contributed by atoms with Gasteiger partial charge in [0.2, 0.25) is 0 Å². The van der Waals surface area contributed by atoms with E-state index < -0.39 is 0 Å². The minimum atomic E-state index is -0.298. The largest absolute Gasteiger partial charge is 0.493 e. The van der Waals surface area contributed by atoms with Crippen LogP contribution in [0.15, 0.2) is 42.5 Å². The molecule has 1 fully saturated rings. The fraction of sp³-hybridized carbons (Fsp3) is 0.520. The first kappa shape index (κ1) is 22.1. The molecule has 0 aromatic heterocycles. The fourth-order valence-electron chi connectivity index (χ4n) is 4.76. The first-order valence-corrected chi connectivity index (χ1v) is 11.3. The van der Waals surface area contributed by atoms with Crippen LogP contribution in [0.25, 0.3) is 0 Å². The molecule has 2 aliphatic rings. The minimum Gasteiger partial charge on any atom is -0.493 e. The highest BCUT2D eigenvalue weighted by Gasteiger charge is 2.30. The predicted molar refractivity (Wildman–Crippen MR) is 123 cm³/mol. The molecular weight excluding hydrogens is 390 g/mol. The van der Waals surface area contributed by atoms with E-state index in [1.807, 2.05) is 6.07 Å². The van der Waals surface area contributed by atoms with Gasteiger partial charge in [0.1, 0.15) is 0 Å². The van der Waals surface area contributed by atoms with E-state index >= 15 is 0 Å². The number of hydrogen-bond acceptors (Lipinski definition) is 6. The molecule has 2 aliphatic heterocycles. The number of fused-ring (bicyclic) bond motifs is 1. The number of nitrogens with one attached hydrogen (secondary N) is 1. The second kappa shape index (κ2) is 10.5. The van der Waals surface area contributed by atoms with Gasteiger partial charge in [-0.25, -0.2) is 0 Å². The summed E-state index contributed by atoms with van der Waals surface area (Å²) >= 11 is 0. The Hall–Kier alpha value is -2.12. The number of ether oxygens (including phenoxy) is 2. The number of likely N-dealkylation sites (tertiary alicyclic amines) is 1. The van der Waals surface area contributed by atoms with Crippen LogP contribution in [0.5, 0.6) is 11.5 Å². The summed E-state index contributed by atoms with van der Waals surface area (Å²) in [5, 5.41) is 14.0. The van der Waals surface area contributed by atoms with Crippen LogP contribution in [0.2, 0.25) is 0 Å². The molecule has 31 heavy (non-hydrogen) atoms. The Morgan fingerprint density at radius 2 is 1.74 bits per heavy atom. The highest BCUT2D eigenvalue weighted by atomic mass is 16.5. The molecule has 2 heterocycles. The molecule has 168 valence electrons. The van der Waals surface area contributed by atoms with Crippen LogP contribution in [0.4, 0.5) is 0 Å². The summed E-state index contributed by atoms with van der Waals surface area (Å²) in [7, 11) is 3.38. The number of nitrogens with zero attached hydrogens (tertiary/aromatic N) is 2. The molecule has 0 radical (unpaired) electrons. The molecule has 4 rings (SSSR count). The Bertz CT molecular complexity index is 845. The van der Waals surface area contributed by atoms with E-state index in [0.717, 1.165) is 70.2 Å². The molecule has 2 aromatic rings. The molecule has 0 saturated carbocycles. The van der Waals surface area contributed by atoms with Crippen LogP contribution >= 0.6 is 0 Å². The van der Waals surface area contributed by atoms with Crippen LogP contribution in [0.3, 0.4) is 0 Å². The van der Waals surface area contributed by atoms with Crippen LogP contribution in [-0.4, -0.2) is 74.0 Å². The van der Waals surface area contributed by atoms with Crippen molar-refractivity contribution in [2.45, 2.75) is 38.1 Å². The zero-order valence-corrected chi connectivity index (χ0v) is 18.7. The van der Waals surface area contributed by atoms with Crippen molar-refractivity contribution in [2.24, 2.45) is 0 Å². The van der Waals surface area contributed by atoms with Gasteiger partial charge in [0.25, 0.3) is 0 Å². The molecular formula is C25H35N3O3. The quantitative estimate of drug-likeness (QED) is 0.602. The smallest absolute Gasteiger partial charge is 0.161 e. The lowest BCUT2D eigenvalue weighted by molar-refractivity contribution is 0.152. The van der Waals surface area contributed by atoms with E-state index in [2.05, 4.69) is 51.5 Å². The third kappa shape index (κ3) is 5.57. The zero-order valence-electron chi connectivity index (χ0n) is 18.7. The van der Waals surface area contributed by atoms with Crippen molar-refractivity contribution in [3.63, 3.8) is 0 Å². The van der Waals surface area contributed by atoms with Crippen molar-refractivity contribution in [3.05, 3.63) is 59.2 Å². The van der Waals surface area contributed by atoms with Crippen molar-refractivity contribution in [3.8, 4) is 11.5 Å². The second-order valence-electron chi connectivity index (χ2n) is 8.66. The average molecular weight is 426 g/mol. The minimum absolute atomic E-state index is 0.155. The van der Waals surface area contributed by atoms with E-state index in [-0.39, 0.29) is 12.1 Å². The van der Waals surface area contributed by atoms with Crippen LogP contribution in [0.1, 0.15) is 23.1 Å². The van der Waals surface area contributed by atoms with Gasteiger partial charge in [-0.1, -0.05) is 30.3 Å². The number of aliphatic hydroxyl groups excluding tert-OH is 1. The molecule has 0 spiro atoms. The first-order valence-electron chi connectivity index (χ1n) is 11.3. The molecule has 1 saturated heterocycles. The molecule has 0 amide bonds. The van der Waals surface area contributed by atoms with Gasteiger partial charge in [-0.05, 0) is 54.8 Å². The van der Waals surface area contributed by atoms with Crippen molar-refractivity contribution in [1.29, 1.82) is 0 Å². The molecule has 0 aliphatic carbocycles. The van der Waals surface area contributed by atoms with Crippen molar-refractivity contribution < 1.29 is 14.6 Å². The lowest BCUT2D eigenvalue weighted by atomic mass is 9.98. The van der Waals surface area contributed by atoms with E-state index in [0.29, 0.717) is 0 Å². The predicted octanol–water partition coefficient (Wildman–Crippen LogP) is 2.29. The molecule has 2 aromatic carbocycles. The van der Waals surface area contributed by atoms with Gasteiger partial charge >= 0.3 is 0 Å². The normalized spacial score (nSPS) is 21.8. The molecule has 2 atom stereocenters. The lowest BCUT2D eigenvalue weighted by Crippen LogP contribution is -2.41. The third-order valence-corrected chi connectivity index (χ3v) is 6.47. The fourth-order valence-corrected chi connectivity index (χ4v) is 4.76. The van der Waals surface area contributed by atoms with Gasteiger partial charge in [-0.3, -0.25) is 9.80 Å². The Labute approximate surface area is 185 Å². The van der Waals surface area contributed by atoms with E-state index in [4.69, 9.17) is 9.47 Å². The van der Waals surface area contributed by atoms with E-state index in [1.54, 1.807) is 14.2 Å². The van der Waals surface area contributed by atoms with Crippen molar-refractivity contribution in [1.82, 2.24) is 15.1 Å². The topological polar surface area (TPSA) is 57.2 Å². The molecule has 2 N–H and O–H groups in total. The van der Waals surface area contributed by atoms with Gasteiger partial charge in [-0.2, -0.15) is 0 Å². The average Bonchev–Trinajstić information content (AvgIpc) is 3.14. The summed E-state index contributed by atoms with van der Waals surface area (Å²) < 4.78 is 10.9. The number of aliphatic hydroxyl groups is 1. The molecule has 6 heteroatoms. The number of rotatable bonds is 9. The first-order chi connectivity index (χ1) is 15.2. The maximum Gasteiger partial charge on any atom is 0.161 e. The van der Waals surface area contributed by atoms with E-state index in [1.165, 1.54) is 16.7 Å². The van der Waals surface area contributed by atoms with Gasteiger partial charge in [0.15, 0.2) is 11.5 Å².